The summed E-state index contributed by atoms with van der Waals surface area (Å²) in [6, 6.07) is 5.93. The molecule has 56 valence electrons. The summed E-state index contributed by atoms with van der Waals surface area (Å²) in [5.74, 6) is 0.936. The molecule has 0 aromatic heterocycles. The van der Waals surface area contributed by atoms with Crippen LogP contribution in [0.2, 0.25) is 0 Å². The monoisotopic (exact) mass is 210 g/mol. The number of halogens is 1. The van der Waals surface area contributed by atoms with Crippen LogP contribution in [0.25, 0.3) is 0 Å². The van der Waals surface area contributed by atoms with Gasteiger partial charge in [0.2, 0.25) is 0 Å². The summed E-state index contributed by atoms with van der Waals surface area (Å²) in [5.41, 5.74) is 1.07. The Morgan fingerprint density at radius 1 is 1.45 bits per heavy atom. The van der Waals surface area contributed by atoms with Gasteiger partial charge in [-0.3, -0.25) is 0 Å². The van der Waals surface area contributed by atoms with E-state index in [9.17, 15) is 0 Å². The van der Waals surface area contributed by atoms with Gasteiger partial charge in [-0.2, -0.15) is 0 Å². The molecule has 0 amide bonds. The van der Waals surface area contributed by atoms with Crippen LogP contribution in [0.3, 0.4) is 0 Å². The Balaban J connectivity index is 2.49. The molecule has 2 rings (SSSR count). The number of benzene rings is 1. The van der Waals surface area contributed by atoms with Crippen LogP contribution in [0.5, 0.6) is 5.75 Å². The van der Waals surface area contributed by atoms with E-state index in [1.165, 1.54) is 0 Å². The van der Waals surface area contributed by atoms with E-state index >= 15 is 0 Å². The molecule has 0 saturated carbocycles. The van der Waals surface area contributed by atoms with Gasteiger partial charge >= 0.3 is 0 Å². The quantitative estimate of drug-likeness (QED) is 0.640. The highest BCUT2D eigenvalue weighted by molar-refractivity contribution is 9.10. The molecule has 1 heterocycles. The van der Waals surface area contributed by atoms with Crippen molar-refractivity contribution in [3.8, 4) is 5.75 Å². The lowest BCUT2D eigenvalue weighted by molar-refractivity contribution is 0.306. The molecule has 1 aliphatic rings. The first-order valence-corrected chi connectivity index (χ1v) is 4.32. The summed E-state index contributed by atoms with van der Waals surface area (Å²) in [6.45, 7) is 0.753. The number of ether oxygens (including phenoxy) is 1. The molecule has 0 spiro atoms. The lowest BCUT2D eigenvalue weighted by atomic mass is 10.1. The molecule has 0 bridgehead atoms. The number of fused-ring (bicyclic) bond motifs is 1. The van der Waals surface area contributed by atoms with E-state index in [2.05, 4.69) is 22.4 Å². The molecule has 11 heavy (non-hydrogen) atoms. The smallest absolute Gasteiger partial charge is 0.124 e. The second kappa shape index (κ2) is 2.86. The molecular formula is C9H7BrO. The maximum absolute atomic E-state index is 5.41. The Kier molecular flexibility index (Phi) is 1.86. The van der Waals surface area contributed by atoms with Crippen molar-refractivity contribution in [3.05, 3.63) is 34.7 Å². The average molecular weight is 211 g/mol. The van der Waals surface area contributed by atoms with Crippen molar-refractivity contribution in [1.29, 1.82) is 0 Å². The second-order valence-electron chi connectivity index (χ2n) is 2.39. The second-order valence-corrected chi connectivity index (χ2v) is 3.24. The van der Waals surface area contributed by atoms with Crippen LogP contribution < -0.4 is 4.74 Å². The molecule has 1 aliphatic heterocycles. The fourth-order valence-electron chi connectivity index (χ4n) is 1.13. The minimum atomic E-state index is 0.753. The fraction of sp³-hybridized carbons (Fsp3) is 0.222. The standard InChI is InChI=1S/C9H7BrO/c10-8-4-1-5-9-7(8)3-2-6-11-9/h1,4-5H,2,6H2. The van der Waals surface area contributed by atoms with Crippen LogP contribution in [-0.2, 0) is 0 Å². The maximum Gasteiger partial charge on any atom is 0.124 e. The summed E-state index contributed by atoms with van der Waals surface area (Å²) in [7, 11) is 0. The zero-order valence-corrected chi connectivity index (χ0v) is 7.52. The molecule has 1 aromatic carbocycles. The van der Waals surface area contributed by atoms with Crippen molar-refractivity contribution in [2.24, 2.45) is 0 Å². The summed E-state index contributed by atoms with van der Waals surface area (Å²) in [5, 5.41) is 0. The highest BCUT2D eigenvalue weighted by Crippen LogP contribution is 2.31. The number of rotatable bonds is 0. The minimum absolute atomic E-state index is 0.753. The molecule has 0 saturated heterocycles. The number of hydrogen-bond acceptors (Lipinski definition) is 1. The molecule has 0 fully saturated rings. The molecule has 0 atom stereocenters. The van der Waals surface area contributed by atoms with Gasteiger partial charge in [-0.05, 0) is 18.6 Å². The predicted molar refractivity (Wildman–Crippen MR) is 46.6 cm³/mol. The van der Waals surface area contributed by atoms with Crippen LogP contribution in [-0.4, -0.2) is 6.61 Å². The maximum atomic E-state index is 5.41. The van der Waals surface area contributed by atoms with Gasteiger partial charge in [0.15, 0.2) is 0 Å². The van der Waals surface area contributed by atoms with E-state index in [0.29, 0.717) is 0 Å². The Morgan fingerprint density at radius 3 is 3.18 bits per heavy atom. The van der Waals surface area contributed by atoms with Crippen LogP contribution in [0, 0.1) is 6.42 Å². The van der Waals surface area contributed by atoms with Crippen molar-refractivity contribution in [2.75, 3.05) is 6.61 Å². The first-order valence-electron chi connectivity index (χ1n) is 3.53. The average Bonchev–Trinajstić information content (AvgIpc) is 2.06. The molecule has 0 aliphatic carbocycles. The van der Waals surface area contributed by atoms with Gasteiger partial charge in [0.25, 0.3) is 0 Å². The van der Waals surface area contributed by atoms with Gasteiger partial charge in [-0.1, -0.05) is 22.0 Å². The van der Waals surface area contributed by atoms with E-state index in [-0.39, 0.29) is 0 Å². The minimum Gasteiger partial charge on any atom is -0.493 e. The van der Waals surface area contributed by atoms with Crippen LogP contribution in [0.4, 0.5) is 0 Å². The third-order valence-electron chi connectivity index (χ3n) is 1.64. The van der Waals surface area contributed by atoms with Gasteiger partial charge in [-0.25, -0.2) is 0 Å². The summed E-state index contributed by atoms with van der Waals surface area (Å²) < 4.78 is 6.48. The van der Waals surface area contributed by atoms with Gasteiger partial charge in [0.05, 0.1) is 6.61 Å². The zero-order valence-electron chi connectivity index (χ0n) is 5.93. The van der Waals surface area contributed by atoms with Crippen molar-refractivity contribution in [1.82, 2.24) is 0 Å². The Labute approximate surface area is 74.5 Å². The first-order chi connectivity index (χ1) is 5.38. The Morgan fingerprint density at radius 2 is 2.36 bits per heavy atom. The Bertz CT molecular complexity index is 270. The molecule has 2 heteroatoms. The molecular weight excluding hydrogens is 204 g/mol. The first kappa shape index (κ1) is 7.17. The van der Waals surface area contributed by atoms with Crippen molar-refractivity contribution in [2.45, 2.75) is 6.42 Å². The van der Waals surface area contributed by atoms with Crippen molar-refractivity contribution < 1.29 is 4.74 Å². The third-order valence-corrected chi connectivity index (χ3v) is 2.30. The van der Waals surface area contributed by atoms with E-state index in [0.717, 1.165) is 28.8 Å². The largest absolute Gasteiger partial charge is 0.493 e. The topological polar surface area (TPSA) is 9.23 Å². The molecule has 0 N–H and O–H groups in total. The van der Waals surface area contributed by atoms with Crippen LogP contribution in [0.1, 0.15) is 12.0 Å². The Hall–Kier alpha value is -0.500. The highest BCUT2D eigenvalue weighted by Gasteiger charge is 2.12. The summed E-state index contributed by atoms with van der Waals surface area (Å²) in [4.78, 5) is 0. The summed E-state index contributed by atoms with van der Waals surface area (Å²) >= 11 is 3.44. The van der Waals surface area contributed by atoms with Gasteiger partial charge < -0.3 is 4.74 Å². The van der Waals surface area contributed by atoms with E-state index in [4.69, 9.17) is 4.74 Å². The third kappa shape index (κ3) is 1.27. The molecule has 2 radical (unpaired) electrons. The predicted octanol–water partition coefficient (Wildman–Crippen LogP) is 2.66. The fourth-order valence-corrected chi connectivity index (χ4v) is 1.62. The lowest BCUT2D eigenvalue weighted by Crippen LogP contribution is -2.06. The molecule has 0 unspecified atom stereocenters. The summed E-state index contributed by atoms with van der Waals surface area (Å²) in [6.07, 6.45) is 4.14. The van der Waals surface area contributed by atoms with Crippen molar-refractivity contribution >= 4 is 15.9 Å². The van der Waals surface area contributed by atoms with Gasteiger partial charge in [-0.15, -0.1) is 0 Å². The SMILES string of the molecule is Brc1cccc2c1[C]CCO2. The van der Waals surface area contributed by atoms with Crippen LogP contribution >= 0.6 is 15.9 Å². The van der Waals surface area contributed by atoms with Gasteiger partial charge in [0.1, 0.15) is 5.75 Å². The lowest BCUT2D eigenvalue weighted by Gasteiger charge is -2.16. The molecule has 1 aromatic rings. The van der Waals surface area contributed by atoms with Crippen LogP contribution in [0.15, 0.2) is 22.7 Å². The number of hydrogen-bond donors (Lipinski definition) is 0. The highest BCUT2D eigenvalue weighted by atomic mass is 79.9. The molecule has 1 nitrogen and oxygen atoms in total. The van der Waals surface area contributed by atoms with Gasteiger partial charge in [0, 0.05) is 16.5 Å². The van der Waals surface area contributed by atoms with Crippen molar-refractivity contribution in [3.63, 3.8) is 0 Å². The zero-order chi connectivity index (χ0) is 7.68. The van der Waals surface area contributed by atoms with E-state index < -0.39 is 0 Å². The van der Waals surface area contributed by atoms with E-state index in [1.807, 2.05) is 18.2 Å². The van der Waals surface area contributed by atoms with E-state index in [1.54, 1.807) is 0 Å². The normalized spacial score (nSPS) is 15.4.